The van der Waals surface area contributed by atoms with Crippen molar-refractivity contribution in [2.75, 3.05) is 0 Å². The second-order valence-corrected chi connectivity index (χ2v) is 7.33. The van der Waals surface area contributed by atoms with Crippen LogP contribution in [0.25, 0.3) is 5.69 Å². The molecule has 0 N–H and O–H groups in total. The summed E-state index contributed by atoms with van der Waals surface area (Å²) in [6.45, 7) is 0. The van der Waals surface area contributed by atoms with E-state index >= 15 is 0 Å². The summed E-state index contributed by atoms with van der Waals surface area (Å²) in [5, 5.41) is 20.9. The van der Waals surface area contributed by atoms with Crippen LogP contribution in [0, 0.1) is 10.1 Å². The summed E-state index contributed by atoms with van der Waals surface area (Å²) in [4.78, 5) is 18.3. The average molecular weight is 425 g/mol. The largest absolute Gasteiger partial charge is 0.305 e. The topological polar surface area (TPSA) is 99.6 Å². The number of rotatable bonds is 6. The molecule has 10 heteroatoms. The van der Waals surface area contributed by atoms with Gasteiger partial charge in [-0.15, -0.1) is 10.2 Å². The molecule has 2 aromatic heterocycles. The molecule has 0 atom stereocenters. The van der Waals surface area contributed by atoms with Gasteiger partial charge in [0.2, 0.25) is 5.16 Å². The lowest BCUT2D eigenvalue weighted by Crippen LogP contribution is -2.04. The predicted octanol–water partition coefficient (Wildman–Crippen LogP) is 4.36. The quantitative estimate of drug-likeness (QED) is 0.257. The summed E-state index contributed by atoms with van der Waals surface area (Å²) in [7, 11) is 0. The van der Waals surface area contributed by atoms with Gasteiger partial charge in [-0.3, -0.25) is 14.7 Å². The lowest BCUT2D eigenvalue weighted by Gasteiger charge is -2.10. The van der Waals surface area contributed by atoms with Gasteiger partial charge in [0.15, 0.2) is 5.16 Å². The molecule has 4 rings (SSSR count). The highest BCUT2D eigenvalue weighted by atomic mass is 35.5. The van der Waals surface area contributed by atoms with Crippen molar-refractivity contribution in [1.82, 2.24) is 24.7 Å². The first-order chi connectivity index (χ1) is 14.1. The third-order valence-corrected chi connectivity index (χ3v) is 5.09. The van der Waals surface area contributed by atoms with Crippen LogP contribution in [-0.2, 0) is 6.42 Å². The van der Waals surface area contributed by atoms with Crippen LogP contribution in [0.3, 0.4) is 0 Å². The number of aromatic nitrogens is 5. The van der Waals surface area contributed by atoms with Gasteiger partial charge in [0.25, 0.3) is 0 Å². The van der Waals surface area contributed by atoms with E-state index in [1.807, 2.05) is 47.0 Å². The highest BCUT2D eigenvalue weighted by molar-refractivity contribution is 7.99. The third kappa shape index (κ3) is 4.41. The van der Waals surface area contributed by atoms with Gasteiger partial charge in [0.05, 0.1) is 4.92 Å². The van der Waals surface area contributed by atoms with E-state index < -0.39 is 4.92 Å². The standard InChI is InChI=1S/C19H13ClN6O2S/c20-14-6-8-15(9-7-14)25-17(10-13-4-2-1-3-5-13)23-24-19(25)29-18-21-11-16(12-22-18)26(27)28/h1-9,11-12H,10H2. The molecule has 0 aliphatic heterocycles. The maximum atomic E-state index is 10.8. The van der Waals surface area contributed by atoms with Crippen LogP contribution in [0.5, 0.6) is 0 Å². The van der Waals surface area contributed by atoms with Crippen molar-refractivity contribution in [3.63, 3.8) is 0 Å². The van der Waals surface area contributed by atoms with E-state index in [4.69, 9.17) is 11.6 Å². The van der Waals surface area contributed by atoms with E-state index in [2.05, 4.69) is 20.2 Å². The van der Waals surface area contributed by atoms with Crippen LogP contribution in [-0.4, -0.2) is 29.7 Å². The van der Waals surface area contributed by atoms with Crippen molar-refractivity contribution < 1.29 is 4.92 Å². The van der Waals surface area contributed by atoms with E-state index in [9.17, 15) is 10.1 Å². The number of nitro groups is 1. The van der Waals surface area contributed by atoms with E-state index in [1.165, 1.54) is 24.2 Å². The Hall–Kier alpha value is -3.30. The van der Waals surface area contributed by atoms with Crippen LogP contribution in [0.15, 0.2) is 77.3 Å². The summed E-state index contributed by atoms with van der Waals surface area (Å²) in [6.07, 6.45) is 2.92. The first-order valence-electron chi connectivity index (χ1n) is 8.48. The fourth-order valence-electron chi connectivity index (χ4n) is 2.65. The lowest BCUT2D eigenvalue weighted by atomic mass is 10.1. The molecule has 0 saturated heterocycles. The Balaban J connectivity index is 1.71. The molecule has 29 heavy (non-hydrogen) atoms. The normalized spacial score (nSPS) is 10.8. The van der Waals surface area contributed by atoms with Crippen LogP contribution >= 0.6 is 23.4 Å². The number of nitrogens with zero attached hydrogens (tertiary/aromatic N) is 6. The maximum Gasteiger partial charge on any atom is 0.305 e. The van der Waals surface area contributed by atoms with Crippen molar-refractivity contribution in [3.8, 4) is 5.69 Å². The molecule has 144 valence electrons. The summed E-state index contributed by atoms with van der Waals surface area (Å²) in [5.74, 6) is 0.739. The fourth-order valence-corrected chi connectivity index (χ4v) is 3.53. The van der Waals surface area contributed by atoms with Crippen LogP contribution in [0.4, 0.5) is 5.69 Å². The van der Waals surface area contributed by atoms with Gasteiger partial charge in [0.1, 0.15) is 18.2 Å². The summed E-state index contributed by atoms with van der Waals surface area (Å²) in [6, 6.07) is 17.3. The van der Waals surface area contributed by atoms with Gasteiger partial charge < -0.3 is 0 Å². The highest BCUT2D eigenvalue weighted by Gasteiger charge is 2.17. The molecule has 0 amide bonds. The average Bonchev–Trinajstić information content (AvgIpc) is 3.12. The van der Waals surface area contributed by atoms with Gasteiger partial charge in [0, 0.05) is 17.1 Å². The van der Waals surface area contributed by atoms with Crippen molar-refractivity contribution in [2.24, 2.45) is 0 Å². The van der Waals surface area contributed by atoms with E-state index in [0.717, 1.165) is 17.1 Å². The number of halogens is 1. The molecule has 0 aliphatic rings. The monoisotopic (exact) mass is 424 g/mol. The Bertz CT molecular complexity index is 1130. The molecule has 0 bridgehead atoms. The summed E-state index contributed by atoms with van der Waals surface area (Å²) in [5.41, 5.74) is 1.77. The summed E-state index contributed by atoms with van der Waals surface area (Å²) < 4.78 is 1.90. The van der Waals surface area contributed by atoms with Crippen molar-refractivity contribution >= 4 is 29.1 Å². The smallest absolute Gasteiger partial charge is 0.273 e. The number of benzene rings is 2. The fraction of sp³-hybridized carbons (Fsp3) is 0.0526. The predicted molar refractivity (Wildman–Crippen MR) is 108 cm³/mol. The Morgan fingerprint density at radius 3 is 2.34 bits per heavy atom. The molecular weight excluding hydrogens is 412 g/mol. The lowest BCUT2D eigenvalue weighted by molar-refractivity contribution is -0.385. The van der Waals surface area contributed by atoms with E-state index in [1.54, 1.807) is 12.1 Å². The molecule has 0 radical (unpaired) electrons. The van der Waals surface area contributed by atoms with Gasteiger partial charge in [-0.1, -0.05) is 41.9 Å². The van der Waals surface area contributed by atoms with E-state index in [-0.39, 0.29) is 5.69 Å². The minimum absolute atomic E-state index is 0.168. The molecule has 4 aromatic rings. The van der Waals surface area contributed by atoms with Crippen LogP contribution in [0.1, 0.15) is 11.4 Å². The maximum absolute atomic E-state index is 10.8. The first kappa shape index (κ1) is 19.0. The Morgan fingerprint density at radius 2 is 1.69 bits per heavy atom. The number of hydrogen-bond donors (Lipinski definition) is 0. The van der Waals surface area contributed by atoms with Crippen molar-refractivity contribution in [3.05, 3.63) is 93.5 Å². The first-order valence-corrected chi connectivity index (χ1v) is 9.68. The molecule has 0 unspecified atom stereocenters. The molecule has 8 nitrogen and oxygen atoms in total. The van der Waals surface area contributed by atoms with E-state index in [0.29, 0.717) is 21.8 Å². The molecule has 2 heterocycles. The Labute approximate surface area is 174 Å². The summed E-state index contributed by atoms with van der Waals surface area (Å²) >= 11 is 7.21. The molecule has 0 fully saturated rings. The van der Waals surface area contributed by atoms with Gasteiger partial charge in [-0.25, -0.2) is 9.97 Å². The number of hydrogen-bond acceptors (Lipinski definition) is 7. The SMILES string of the molecule is O=[N+]([O-])c1cnc(Sc2nnc(Cc3ccccc3)n2-c2ccc(Cl)cc2)nc1. The second kappa shape index (κ2) is 8.38. The van der Waals surface area contributed by atoms with Crippen LogP contribution in [0.2, 0.25) is 5.02 Å². The van der Waals surface area contributed by atoms with Gasteiger partial charge in [-0.05, 0) is 41.6 Å². The molecule has 0 saturated carbocycles. The van der Waals surface area contributed by atoms with Crippen molar-refractivity contribution in [2.45, 2.75) is 16.7 Å². The van der Waals surface area contributed by atoms with Crippen molar-refractivity contribution in [1.29, 1.82) is 0 Å². The van der Waals surface area contributed by atoms with Gasteiger partial charge in [-0.2, -0.15) is 0 Å². The third-order valence-electron chi connectivity index (χ3n) is 4.00. The minimum Gasteiger partial charge on any atom is -0.273 e. The zero-order valence-corrected chi connectivity index (χ0v) is 16.4. The zero-order valence-electron chi connectivity index (χ0n) is 14.8. The molecule has 2 aromatic carbocycles. The zero-order chi connectivity index (χ0) is 20.2. The van der Waals surface area contributed by atoms with Crippen LogP contribution < -0.4 is 0 Å². The molecule has 0 aliphatic carbocycles. The second-order valence-electron chi connectivity index (χ2n) is 5.96. The van der Waals surface area contributed by atoms with Gasteiger partial charge >= 0.3 is 5.69 Å². The highest BCUT2D eigenvalue weighted by Crippen LogP contribution is 2.28. The Morgan fingerprint density at radius 1 is 1.00 bits per heavy atom. The molecule has 0 spiro atoms. The molecular formula is C19H13ClN6O2S. The minimum atomic E-state index is -0.539. The Kier molecular flexibility index (Phi) is 5.50.